The predicted molar refractivity (Wildman–Crippen MR) is 91.6 cm³/mol. The fourth-order valence-corrected chi connectivity index (χ4v) is 5.04. The molecule has 0 aliphatic carbocycles. The Balaban J connectivity index is 1.85. The van der Waals surface area contributed by atoms with Crippen molar-refractivity contribution in [1.82, 2.24) is 25.0 Å². The van der Waals surface area contributed by atoms with Crippen molar-refractivity contribution in [3.05, 3.63) is 32.0 Å². The SMILES string of the molecule is Cn1c(SCC2=C(C(=O)O)N3C(=O)C(NC=O)[C@@H]3SC2)n[nH]c(=O)c1=O. The quantitative estimate of drug-likeness (QED) is 0.212. The number of thioether (sulfide) groups is 2. The lowest BCUT2D eigenvalue weighted by molar-refractivity contribution is -0.149. The number of carboxylic acid groups (broad SMARTS) is 1. The molecule has 3 rings (SSSR count). The molecular weight excluding hydrogens is 386 g/mol. The number of carbonyl (C=O) groups excluding carboxylic acids is 2. The third-order valence-electron chi connectivity index (χ3n) is 3.91. The van der Waals surface area contributed by atoms with Crippen LogP contribution in [0.25, 0.3) is 0 Å². The first kappa shape index (κ1) is 18.3. The number of carbonyl (C=O) groups is 3. The number of hydrogen-bond acceptors (Lipinski definition) is 8. The van der Waals surface area contributed by atoms with E-state index < -0.39 is 34.4 Å². The van der Waals surface area contributed by atoms with E-state index in [1.54, 1.807) is 0 Å². The normalized spacial score (nSPS) is 21.9. The Hall–Kier alpha value is -2.54. The van der Waals surface area contributed by atoms with Crippen LogP contribution < -0.4 is 16.4 Å². The number of aliphatic carboxylic acids is 1. The minimum atomic E-state index is -1.24. The zero-order valence-corrected chi connectivity index (χ0v) is 14.9. The molecule has 2 atom stereocenters. The van der Waals surface area contributed by atoms with E-state index in [2.05, 4.69) is 15.5 Å². The van der Waals surface area contributed by atoms with Crippen LogP contribution in [0.15, 0.2) is 26.0 Å². The van der Waals surface area contributed by atoms with Gasteiger partial charge in [-0.05, 0) is 5.57 Å². The molecule has 0 radical (unpaired) electrons. The first-order valence-electron chi connectivity index (χ1n) is 7.25. The molecule has 1 aromatic rings. The van der Waals surface area contributed by atoms with Crippen LogP contribution in [0.5, 0.6) is 0 Å². The molecule has 0 spiro atoms. The smallest absolute Gasteiger partial charge is 0.352 e. The van der Waals surface area contributed by atoms with E-state index in [0.29, 0.717) is 17.7 Å². The second kappa shape index (κ2) is 6.99. The number of amides is 2. The summed E-state index contributed by atoms with van der Waals surface area (Å²) in [6.45, 7) is 0. The van der Waals surface area contributed by atoms with Gasteiger partial charge in [0.25, 0.3) is 5.91 Å². The average Bonchev–Trinajstić information content (AvgIpc) is 2.62. The molecule has 2 amide bonds. The minimum absolute atomic E-state index is 0.121. The predicted octanol–water partition coefficient (Wildman–Crippen LogP) is -2.07. The molecule has 2 aliphatic rings. The fourth-order valence-electron chi connectivity index (χ4n) is 2.63. The Kier molecular flexibility index (Phi) is 4.91. The maximum atomic E-state index is 12.1. The molecule has 13 heteroatoms. The Labute approximate surface area is 153 Å². The zero-order valence-electron chi connectivity index (χ0n) is 13.3. The van der Waals surface area contributed by atoms with Gasteiger partial charge in [-0.1, -0.05) is 11.8 Å². The van der Waals surface area contributed by atoms with Gasteiger partial charge in [0, 0.05) is 18.6 Å². The van der Waals surface area contributed by atoms with Crippen molar-refractivity contribution >= 4 is 41.8 Å². The Morgan fingerprint density at radius 2 is 2.23 bits per heavy atom. The molecule has 0 bridgehead atoms. The second-order valence-corrected chi connectivity index (χ2v) is 7.46. The molecule has 1 unspecified atom stereocenters. The van der Waals surface area contributed by atoms with Crippen molar-refractivity contribution in [3.63, 3.8) is 0 Å². The van der Waals surface area contributed by atoms with Gasteiger partial charge in [0.1, 0.15) is 17.1 Å². The van der Waals surface area contributed by atoms with Gasteiger partial charge >= 0.3 is 17.1 Å². The van der Waals surface area contributed by atoms with E-state index in [4.69, 9.17) is 0 Å². The summed E-state index contributed by atoms with van der Waals surface area (Å²) < 4.78 is 1.07. The molecular formula is C13H13N5O6S2. The van der Waals surface area contributed by atoms with Gasteiger partial charge in [0.2, 0.25) is 6.41 Å². The van der Waals surface area contributed by atoms with E-state index in [-0.39, 0.29) is 16.6 Å². The van der Waals surface area contributed by atoms with Gasteiger partial charge in [-0.25, -0.2) is 9.89 Å². The highest BCUT2D eigenvalue weighted by Crippen LogP contribution is 2.41. The summed E-state index contributed by atoms with van der Waals surface area (Å²) in [5, 5.41) is 17.5. The van der Waals surface area contributed by atoms with Crippen LogP contribution >= 0.6 is 23.5 Å². The third-order valence-corrected chi connectivity index (χ3v) is 6.37. The molecule has 11 nitrogen and oxygen atoms in total. The second-order valence-electron chi connectivity index (χ2n) is 5.42. The van der Waals surface area contributed by atoms with E-state index in [1.807, 2.05) is 0 Å². The number of nitrogens with one attached hydrogen (secondary N) is 2. The van der Waals surface area contributed by atoms with E-state index in [1.165, 1.54) is 18.8 Å². The van der Waals surface area contributed by atoms with Crippen LogP contribution in [0.1, 0.15) is 0 Å². The molecule has 3 heterocycles. The first-order chi connectivity index (χ1) is 12.4. The molecule has 1 aromatic heterocycles. The molecule has 138 valence electrons. The molecule has 1 fully saturated rings. The van der Waals surface area contributed by atoms with E-state index in [9.17, 15) is 29.1 Å². The van der Waals surface area contributed by atoms with Crippen LogP contribution in [-0.4, -0.2) is 66.0 Å². The first-order valence-corrected chi connectivity index (χ1v) is 9.28. The Morgan fingerprint density at radius 3 is 2.88 bits per heavy atom. The van der Waals surface area contributed by atoms with Crippen molar-refractivity contribution in [3.8, 4) is 0 Å². The lowest BCUT2D eigenvalue weighted by Crippen LogP contribution is -2.69. The van der Waals surface area contributed by atoms with Crippen LogP contribution in [0.4, 0.5) is 0 Å². The van der Waals surface area contributed by atoms with Gasteiger partial charge in [-0.2, -0.15) is 0 Å². The Bertz CT molecular complexity index is 938. The Morgan fingerprint density at radius 1 is 1.50 bits per heavy atom. The maximum absolute atomic E-state index is 12.1. The number of aromatic nitrogens is 3. The van der Waals surface area contributed by atoms with Gasteiger partial charge in [0.05, 0.1) is 0 Å². The van der Waals surface area contributed by atoms with Crippen molar-refractivity contribution in [1.29, 1.82) is 0 Å². The van der Waals surface area contributed by atoms with E-state index in [0.717, 1.165) is 21.2 Å². The van der Waals surface area contributed by atoms with E-state index >= 15 is 0 Å². The third kappa shape index (κ3) is 2.92. The molecule has 0 aromatic carbocycles. The molecule has 1 saturated heterocycles. The summed E-state index contributed by atoms with van der Waals surface area (Å²) in [4.78, 5) is 58.4. The van der Waals surface area contributed by atoms with Crippen LogP contribution in [0.2, 0.25) is 0 Å². The average molecular weight is 399 g/mol. The largest absolute Gasteiger partial charge is 0.477 e. The summed E-state index contributed by atoms with van der Waals surface area (Å²) >= 11 is 2.42. The molecule has 26 heavy (non-hydrogen) atoms. The standard InChI is InChI=1S/C13H13N5O6S2/c1-17-10(22)8(20)15-16-13(17)26-3-5-2-25-11-6(14-4-19)9(21)18(11)7(5)12(23)24/h4,6,11H,2-3H2,1H3,(H,14,19)(H,15,20)(H,23,24)/t6?,11-/m0/s1. The van der Waals surface area contributed by atoms with Crippen LogP contribution in [0.3, 0.4) is 0 Å². The van der Waals surface area contributed by atoms with Crippen LogP contribution in [-0.2, 0) is 21.4 Å². The topological polar surface area (TPSA) is 154 Å². The lowest BCUT2D eigenvalue weighted by atomic mass is 10.0. The highest BCUT2D eigenvalue weighted by molar-refractivity contribution is 8.01. The maximum Gasteiger partial charge on any atom is 0.352 e. The van der Waals surface area contributed by atoms with Crippen LogP contribution in [0, 0.1) is 0 Å². The highest BCUT2D eigenvalue weighted by atomic mass is 32.2. The molecule has 0 saturated carbocycles. The number of rotatable bonds is 6. The summed E-state index contributed by atoms with van der Waals surface area (Å²) in [5.41, 5.74) is -1.25. The fraction of sp³-hybridized carbons (Fsp3) is 0.385. The number of aromatic amines is 1. The summed E-state index contributed by atoms with van der Waals surface area (Å²) in [6, 6.07) is -0.734. The van der Waals surface area contributed by atoms with Crippen molar-refractivity contribution < 1.29 is 19.5 Å². The number of β-lactam (4-membered cyclic amide) rings is 1. The monoisotopic (exact) mass is 399 g/mol. The highest BCUT2D eigenvalue weighted by Gasteiger charge is 2.53. The molecule has 2 aliphatic heterocycles. The number of carboxylic acids is 1. The number of nitrogens with zero attached hydrogens (tertiary/aromatic N) is 3. The molecule has 3 N–H and O–H groups in total. The minimum Gasteiger partial charge on any atom is -0.477 e. The number of hydrogen-bond donors (Lipinski definition) is 3. The summed E-state index contributed by atoms with van der Waals surface area (Å²) in [6.07, 6.45) is 0.415. The number of fused-ring (bicyclic) bond motifs is 1. The van der Waals surface area contributed by atoms with Crippen molar-refractivity contribution in [2.45, 2.75) is 16.6 Å². The van der Waals surface area contributed by atoms with Gasteiger partial charge < -0.3 is 10.4 Å². The van der Waals surface area contributed by atoms with Gasteiger partial charge in [-0.3, -0.25) is 28.6 Å². The lowest BCUT2D eigenvalue weighted by Gasteiger charge is -2.49. The number of H-pyrrole nitrogens is 1. The zero-order chi connectivity index (χ0) is 19.0. The van der Waals surface area contributed by atoms with Gasteiger partial charge in [0.15, 0.2) is 5.16 Å². The summed E-state index contributed by atoms with van der Waals surface area (Å²) in [5.74, 6) is -1.21. The van der Waals surface area contributed by atoms with Crippen molar-refractivity contribution in [2.75, 3.05) is 11.5 Å². The van der Waals surface area contributed by atoms with Gasteiger partial charge in [-0.15, -0.1) is 16.9 Å². The summed E-state index contributed by atoms with van der Waals surface area (Å²) in [7, 11) is 1.39. The van der Waals surface area contributed by atoms with Crippen molar-refractivity contribution in [2.24, 2.45) is 7.05 Å².